The van der Waals surface area contributed by atoms with Gasteiger partial charge in [0.2, 0.25) is 5.91 Å². The molecule has 1 saturated heterocycles. The molecule has 1 heterocycles. The number of aryl methyl sites for hydroxylation is 1. The number of likely N-dealkylation sites (tertiary alicyclic amines) is 1. The first kappa shape index (κ1) is 20.6. The van der Waals surface area contributed by atoms with Crippen molar-refractivity contribution >= 4 is 17.5 Å². The first-order chi connectivity index (χ1) is 13.4. The molecule has 1 fully saturated rings. The number of aliphatic hydroxyl groups is 1. The van der Waals surface area contributed by atoms with E-state index in [1.807, 2.05) is 0 Å². The van der Waals surface area contributed by atoms with Crippen LogP contribution in [-0.4, -0.2) is 41.2 Å². The lowest BCUT2D eigenvalue weighted by Gasteiger charge is -2.27. The molecule has 1 amide bonds. The number of ether oxygens (including phenoxy) is 1. The quantitative estimate of drug-likeness (QED) is 0.782. The molecule has 0 bridgehead atoms. The first-order valence-corrected chi connectivity index (χ1v) is 9.94. The molecule has 2 aromatic rings. The third kappa shape index (κ3) is 5.94. The van der Waals surface area contributed by atoms with Gasteiger partial charge >= 0.3 is 0 Å². The second-order valence-corrected chi connectivity index (χ2v) is 7.77. The molecule has 6 heteroatoms. The molecule has 0 saturated carbocycles. The molecule has 0 spiro atoms. The average Bonchev–Trinajstić information content (AvgIpc) is 2.88. The third-order valence-corrected chi connectivity index (χ3v) is 5.35. The van der Waals surface area contributed by atoms with Crippen LogP contribution in [0.5, 0.6) is 5.75 Å². The number of amides is 1. The predicted molar refractivity (Wildman–Crippen MR) is 107 cm³/mol. The van der Waals surface area contributed by atoms with E-state index in [9.17, 15) is 14.3 Å². The number of carbonyl (C=O) groups excluding carboxylic acids is 1. The van der Waals surface area contributed by atoms with Gasteiger partial charge in [-0.05, 0) is 61.6 Å². The Balaban J connectivity index is 1.49. The zero-order valence-corrected chi connectivity index (χ0v) is 16.5. The van der Waals surface area contributed by atoms with Crippen molar-refractivity contribution in [2.24, 2.45) is 0 Å². The van der Waals surface area contributed by atoms with Gasteiger partial charge in [0.1, 0.15) is 23.8 Å². The summed E-state index contributed by atoms with van der Waals surface area (Å²) in [6.07, 6.45) is 2.73. The van der Waals surface area contributed by atoms with Gasteiger partial charge in [0.15, 0.2) is 0 Å². The summed E-state index contributed by atoms with van der Waals surface area (Å²) in [5.74, 6) is 0.406. The van der Waals surface area contributed by atoms with Gasteiger partial charge < -0.3 is 14.7 Å². The van der Waals surface area contributed by atoms with Crippen molar-refractivity contribution in [2.45, 2.75) is 37.7 Å². The maximum atomic E-state index is 13.0. The van der Waals surface area contributed by atoms with Gasteiger partial charge in [-0.15, -0.1) is 0 Å². The average molecular weight is 406 g/mol. The van der Waals surface area contributed by atoms with Crippen LogP contribution in [0.25, 0.3) is 0 Å². The maximum Gasteiger partial charge on any atom is 0.222 e. The highest BCUT2D eigenvalue weighted by Crippen LogP contribution is 2.25. The molecule has 150 valence electrons. The SMILES string of the molecule is O=C(CCc1ccc(F)cc1)N1CCCC(O)(COc2cccc(Cl)c2)CC1. The Morgan fingerprint density at radius 3 is 2.71 bits per heavy atom. The van der Waals surface area contributed by atoms with E-state index < -0.39 is 5.60 Å². The summed E-state index contributed by atoms with van der Waals surface area (Å²) < 4.78 is 18.7. The Morgan fingerprint density at radius 2 is 1.96 bits per heavy atom. The second-order valence-electron chi connectivity index (χ2n) is 7.33. The van der Waals surface area contributed by atoms with Gasteiger partial charge in [-0.1, -0.05) is 29.8 Å². The van der Waals surface area contributed by atoms with Crippen LogP contribution in [0.3, 0.4) is 0 Å². The normalized spacial score (nSPS) is 19.9. The summed E-state index contributed by atoms with van der Waals surface area (Å²) in [7, 11) is 0. The molecule has 1 aliphatic heterocycles. The molecular weight excluding hydrogens is 381 g/mol. The highest BCUT2D eigenvalue weighted by molar-refractivity contribution is 6.30. The van der Waals surface area contributed by atoms with Crippen LogP contribution in [0.1, 0.15) is 31.2 Å². The van der Waals surface area contributed by atoms with Gasteiger partial charge in [-0.25, -0.2) is 4.39 Å². The number of nitrogens with zero attached hydrogens (tertiary/aromatic N) is 1. The Hall–Kier alpha value is -2.11. The Labute approximate surface area is 169 Å². The summed E-state index contributed by atoms with van der Waals surface area (Å²) >= 11 is 5.96. The Morgan fingerprint density at radius 1 is 1.18 bits per heavy atom. The second kappa shape index (κ2) is 9.39. The van der Waals surface area contributed by atoms with Crippen molar-refractivity contribution in [3.8, 4) is 5.75 Å². The molecule has 3 rings (SSSR count). The largest absolute Gasteiger partial charge is 0.491 e. The molecule has 0 aliphatic carbocycles. The van der Waals surface area contributed by atoms with Crippen LogP contribution >= 0.6 is 11.6 Å². The molecule has 1 aliphatic rings. The van der Waals surface area contributed by atoms with Crippen LogP contribution in [0.2, 0.25) is 5.02 Å². The molecular formula is C22H25ClFNO3. The van der Waals surface area contributed by atoms with Gasteiger partial charge in [0.05, 0.1) is 0 Å². The fraction of sp³-hybridized carbons (Fsp3) is 0.409. The zero-order valence-electron chi connectivity index (χ0n) is 15.7. The van der Waals surface area contributed by atoms with Crippen LogP contribution < -0.4 is 4.74 Å². The third-order valence-electron chi connectivity index (χ3n) is 5.11. The summed E-state index contributed by atoms with van der Waals surface area (Å²) in [6.45, 7) is 1.30. The first-order valence-electron chi connectivity index (χ1n) is 9.57. The molecule has 4 nitrogen and oxygen atoms in total. The van der Waals surface area contributed by atoms with Crippen LogP contribution in [0, 0.1) is 5.82 Å². The van der Waals surface area contributed by atoms with Gasteiger partial charge in [-0.3, -0.25) is 4.79 Å². The minimum atomic E-state index is -0.964. The standard InChI is InChI=1S/C22H25ClFNO3/c23-18-3-1-4-20(15-18)28-16-22(27)11-2-13-25(14-12-22)21(26)10-7-17-5-8-19(24)9-6-17/h1,3-6,8-9,15,27H,2,7,10-14,16H2. The highest BCUT2D eigenvalue weighted by atomic mass is 35.5. The van der Waals surface area contributed by atoms with Crippen molar-refractivity contribution in [2.75, 3.05) is 19.7 Å². The lowest BCUT2D eigenvalue weighted by molar-refractivity contribution is -0.131. The topological polar surface area (TPSA) is 49.8 Å². The number of hydrogen-bond donors (Lipinski definition) is 1. The minimum Gasteiger partial charge on any atom is -0.491 e. The lowest BCUT2D eigenvalue weighted by atomic mass is 9.96. The van der Waals surface area contributed by atoms with E-state index in [0.29, 0.717) is 49.5 Å². The molecule has 28 heavy (non-hydrogen) atoms. The fourth-order valence-corrected chi connectivity index (χ4v) is 3.59. The van der Waals surface area contributed by atoms with Gasteiger partial charge in [-0.2, -0.15) is 0 Å². The van der Waals surface area contributed by atoms with Crippen molar-refractivity contribution in [3.63, 3.8) is 0 Å². The number of halogens is 2. The predicted octanol–water partition coefficient (Wildman–Crippen LogP) is 4.23. The summed E-state index contributed by atoms with van der Waals surface area (Å²) in [4.78, 5) is 14.3. The van der Waals surface area contributed by atoms with E-state index >= 15 is 0 Å². The summed E-state index contributed by atoms with van der Waals surface area (Å²) in [5, 5.41) is 11.5. The zero-order chi connectivity index (χ0) is 20.0. The van der Waals surface area contributed by atoms with Crippen LogP contribution in [0.15, 0.2) is 48.5 Å². The molecule has 2 aromatic carbocycles. The molecule has 1 atom stereocenters. The van der Waals surface area contributed by atoms with Crippen LogP contribution in [-0.2, 0) is 11.2 Å². The highest BCUT2D eigenvalue weighted by Gasteiger charge is 2.32. The smallest absolute Gasteiger partial charge is 0.222 e. The lowest BCUT2D eigenvalue weighted by Crippen LogP contribution is -2.38. The monoisotopic (exact) mass is 405 g/mol. The summed E-state index contributed by atoms with van der Waals surface area (Å²) in [5.41, 5.74) is -0.0232. The van der Waals surface area contributed by atoms with Crippen LogP contribution in [0.4, 0.5) is 4.39 Å². The van der Waals surface area contributed by atoms with Gasteiger partial charge in [0, 0.05) is 24.5 Å². The molecule has 1 N–H and O–H groups in total. The van der Waals surface area contributed by atoms with E-state index in [1.165, 1.54) is 12.1 Å². The van der Waals surface area contributed by atoms with Crippen molar-refractivity contribution in [3.05, 3.63) is 64.9 Å². The number of rotatable bonds is 6. The van der Waals surface area contributed by atoms with E-state index in [1.54, 1.807) is 41.3 Å². The Kier molecular flexibility index (Phi) is 6.92. The maximum absolute atomic E-state index is 13.0. The van der Waals surface area contributed by atoms with E-state index in [4.69, 9.17) is 16.3 Å². The fourth-order valence-electron chi connectivity index (χ4n) is 3.41. The van der Waals surface area contributed by atoms with Crippen molar-refractivity contribution < 1.29 is 19.0 Å². The Bertz CT molecular complexity index is 799. The van der Waals surface area contributed by atoms with Crippen molar-refractivity contribution in [1.29, 1.82) is 0 Å². The number of benzene rings is 2. The van der Waals surface area contributed by atoms with E-state index in [0.717, 1.165) is 12.0 Å². The van der Waals surface area contributed by atoms with Crippen molar-refractivity contribution in [1.82, 2.24) is 4.90 Å². The molecule has 0 aromatic heterocycles. The number of carbonyl (C=O) groups is 1. The molecule has 1 unspecified atom stereocenters. The van der Waals surface area contributed by atoms with E-state index in [-0.39, 0.29) is 18.3 Å². The van der Waals surface area contributed by atoms with E-state index in [2.05, 4.69) is 0 Å². The number of hydrogen-bond acceptors (Lipinski definition) is 3. The van der Waals surface area contributed by atoms with Gasteiger partial charge in [0.25, 0.3) is 0 Å². The molecule has 0 radical (unpaired) electrons. The summed E-state index contributed by atoms with van der Waals surface area (Å²) in [6, 6.07) is 13.3. The minimum absolute atomic E-state index is 0.0596.